The predicted molar refractivity (Wildman–Crippen MR) is 79.7 cm³/mol. The Morgan fingerprint density at radius 3 is 2.70 bits per heavy atom. The van der Waals surface area contributed by atoms with Gasteiger partial charge >= 0.3 is 0 Å². The fourth-order valence-electron chi connectivity index (χ4n) is 1.50. The molecule has 0 amide bonds. The van der Waals surface area contributed by atoms with Gasteiger partial charge in [-0.1, -0.05) is 11.6 Å². The molecule has 1 N–H and O–H groups in total. The van der Waals surface area contributed by atoms with E-state index in [0.29, 0.717) is 11.4 Å². The number of imidazole rings is 1. The second-order valence-electron chi connectivity index (χ2n) is 3.91. The number of methoxy groups -OCH3 is 1. The summed E-state index contributed by atoms with van der Waals surface area (Å²) in [5, 5.41) is -0.176. The number of hydrogen-bond donors (Lipinski definition) is 1. The molecular formula is C11H11BrClN3O3S. The molecule has 0 spiro atoms. The van der Waals surface area contributed by atoms with Crippen molar-refractivity contribution in [2.24, 2.45) is 7.05 Å². The highest BCUT2D eigenvalue weighted by Gasteiger charge is 2.22. The van der Waals surface area contributed by atoms with Gasteiger partial charge in [0.2, 0.25) is 5.03 Å². The summed E-state index contributed by atoms with van der Waals surface area (Å²) in [5.74, 6) is 0.511. The Morgan fingerprint density at radius 2 is 2.15 bits per heavy atom. The standard InChI is InChI=1S/C11H11BrClN3O3S/c1-16-6-14-11(10(16)13)20(17,18)15-7-3-4-8(12)9(5-7)19-2/h3-6,15H,1-2H3. The molecule has 1 aromatic heterocycles. The van der Waals surface area contributed by atoms with Gasteiger partial charge in [0.1, 0.15) is 10.9 Å². The van der Waals surface area contributed by atoms with Crippen molar-refractivity contribution < 1.29 is 13.2 Å². The van der Waals surface area contributed by atoms with Crippen LogP contribution >= 0.6 is 27.5 Å². The molecule has 0 saturated heterocycles. The van der Waals surface area contributed by atoms with Crippen LogP contribution in [-0.2, 0) is 17.1 Å². The fraction of sp³-hybridized carbons (Fsp3) is 0.182. The zero-order valence-electron chi connectivity index (χ0n) is 10.6. The molecule has 0 radical (unpaired) electrons. The van der Waals surface area contributed by atoms with Gasteiger partial charge in [-0.15, -0.1) is 0 Å². The van der Waals surface area contributed by atoms with Gasteiger partial charge in [-0.2, -0.15) is 8.42 Å². The number of ether oxygens (including phenoxy) is 1. The van der Waals surface area contributed by atoms with Crippen molar-refractivity contribution in [3.05, 3.63) is 34.2 Å². The van der Waals surface area contributed by atoms with Crippen LogP contribution in [0.25, 0.3) is 0 Å². The number of halogens is 2. The molecule has 0 saturated carbocycles. The topological polar surface area (TPSA) is 73.2 Å². The summed E-state index contributed by atoms with van der Waals surface area (Å²) in [6.07, 6.45) is 1.33. The smallest absolute Gasteiger partial charge is 0.282 e. The van der Waals surface area contributed by atoms with Gasteiger partial charge in [0.15, 0.2) is 0 Å². The number of sulfonamides is 1. The molecule has 0 aliphatic rings. The fourth-order valence-corrected chi connectivity index (χ4v) is 3.39. The molecule has 20 heavy (non-hydrogen) atoms. The summed E-state index contributed by atoms with van der Waals surface area (Å²) < 4.78 is 34.0. The van der Waals surface area contributed by atoms with Crippen molar-refractivity contribution in [3.63, 3.8) is 0 Å². The molecule has 0 unspecified atom stereocenters. The number of anilines is 1. The first-order chi connectivity index (χ1) is 9.35. The SMILES string of the molecule is COc1cc(NS(=O)(=O)c2ncn(C)c2Cl)ccc1Br. The van der Waals surface area contributed by atoms with Crippen LogP contribution in [0.3, 0.4) is 0 Å². The number of rotatable bonds is 4. The predicted octanol–water partition coefficient (Wildman–Crippen LogP) is 2.65. The van der Waals surface area contributed by atoms with Crippen molar-refractivity contribution >= 4 is 43.2 Å². The van der Waals surface area contributed by atoms with E-state index in [4.69, 9.17) is 16.3 Å². The Morgan fingerprint density at radius 1 is 1.45 bits per heavy atom. The molecule has 1 aromatic carbocycles. The molecule has 9 heteroatoms. The Kier molecular flexibility index (Phi) is 4.26. The van der Waals surface area contributed by atoms with Gasteiger partial charge in [-0.3, -0.25) is 4.72 Å². The third kappa shape index (κ3) is 2.92. The number of nitrogens with zero attached hydrogens (tertiary/aromatic N) is 2. The van der Waals surface area contributed by atoms with Crippen molar-refractivity contribution in [1.82, 2.24) is 9.55 Å². The summed E-state index contributed by atoms with van der Waals surface area (Å²) in [6, 6.07) is 4.83. The first kappa shape index (κ1) is 15.1. The number of aryl methyl sites for hydroxylation is 1. The second-order valence-corrected chi connectivity index (χ2v) is 6.72. The largest absolute Gasteiger partial charge is 0.495 e. The number of nitrogens with one attached hydrogen (secondary N) is 1. The van der Waals surface area contributed by atoms with Crippen molar-refractivity contribution in [2.45, 2.75) is 5.03 Å². The minimum Gasteiger partial charge on any atom is -0.495 e. The van der Waals surface area contributed by atoms with E-state index in [1.165, 1.54) is 18.0 Å². The molecule has 1 heterocycles. The highest BCUT2D eigenvalue weighted by molar-refractivity contribution is 9.10. The van der Waals surface area contributed by atoms with Crippen LogP contribution in [0, 0.1) is 0 Å². The van der Waals surface area contributed by atoms with Crippen LogP contribution < -0.4 is 9.46 Å². The first-order valence-corrected chi connectivity index (χ1v) is 8.03. The molecule has 0 bridgehead atoms. The molecule has 0 aliphatic carbocycles. The third-order valence-electron chi connectivity index (χ3n) is 2.49. The average molecular weight is 381 g/mol. The zero-order chi connectivity index (χ0) is 14.9. The van der Waals surface area contributed by atoms with Crippen molar-refractivity contribution in [2.75, 3.05) is 11.8 Å². The number of aromatic nitrogens is 2. The Balaban J connectivity index is 2.36. The van der Waals surface area contributed by atoms with Crippen LogP contribution in [0.15, 0.2) is 34.0 Å². The van der Waals surface area contributed by atoms with Gasteiger partial charge in [0.25, 0.3) is 10.0 Å². The molecule has 0 atom stereocenters. The van der Waals surface area contributed by atoms with Crippen LogP contribution in [0.4, 0.5) is 5.69 Å². The maximum Gasteiger partial charge on any atom is 0.282 e. The van der Waals surface area contributed by atoms with Crippen LogP contribution in [-0.4, -0.2) is 25.1 Å². The minimum absolute atomic E-state index is 0.0431. The van der Waals surface area contributed by atoms with E-state index in [0.717, 1.165) is 4.47 Å². The highest BCUT2D eigenvalue weighted by atomic mass is 79.9. The van der Waals surface area contributed by atoms with Crippen LogP contribution in [0.5, 0.6) is 5.75 Å². The molecule has 0 aliphatic heterocycles. The van der Waals surface area contributed by atoms with Gasteiger partial charge in [0.05, 0.1) is 23.6 Å². The molecule has 6 nitrogen and oxygen atoms in total. The molecule has 0 fully saturated rings. The summed E-state index contributed by atoms with van der Waals surface area (Å²) in [6.45, 7) is 0. The van der Waals surface area contributed by atoms with E-state index in [1.807, 2.05) is 0 Å². The monoisotopic (exact) mass is 379 g/mol. The summed E-state index contributed by atoms with van der Waals surface area (Å²) >= 11 is 9.18. The zero-order valence-corrected chi connectivity index (χ0v) is 13.8. The van der Waals surface area contributed by atoms with E-state index >= 15 is 0 Å². The highest BCUT2D eigenvalue weighted by Crippen LogP contribution is 2.29. The Hall–Kier alpha value is -1.25. The molecule has 108 valence electrons. The van der Waals surface area contributed by atoms with E-state index in [-0.39, 0.29) is 10.2 Å². The average Bonchev–Trinajstić information content (AvgIpc) is 2.72. The van der Waals surface area contributed by atoms with Gasteiger partial charge in [-0.25, -0.2) is 4.98 Å². The lowest BCUT2D eigenvalue weighted by molar-refractivity contribution is 0.412. The van der Waals surface area contributed by atoms with Gasteiger partial charge in [0, 0.05) is 13.1 Å². The summed E-state index contributed by atoms with van der Waals surface area (Å²) in [7, 11) is -0.744. The number of hydrogen-bond acceptors (Lipinski definition) is 4. The van der Waals surface area contributed by atoms with E-state index < -0.39 is 10.0 Å². The normalized spacial score (nSPS) is 11.4. The quantitative estimate of drug-likeness (QED) is 0.885. The summed E-state index contributed by atoms with van der Waals surface area (Å²) in [4.78, 5) is 3.78. The summed E-state index contributed by atoms with van der Waals surface area (Å²) in [5.41, 5.74) is 0.353. The molecule has 2 rings (SSSR count). The number of benzene rings is 1. The van der Waals surface area contributed by atoms with Crippen molar-refractivity contribution in [1.29, 1.82) is 0 Å². The van der Waals surface area contributed by atoms with Gasteiger partial charge in [-0.05, 0) is 28.1 Å². The van der Waals surface area contributed by atoms with Crippen LogP contribution in [0.1, 0.15) is 0 Å². The molecule has 2 aromatic rings. The lowest BCUT2D eigenvalue weighted by Gasteiger charge is -2.09. The maximum atomic E-state index is 12.2. The van der Waals surface area contributed by atoms with E-state index in [2.05, 4.69) is 25.6 Å². The Bertz CT molecular complexity index is 745. The lowest BCUT2D eigenvalue weighted by atomic mass is 10.3. The minimum atomic E-state index is -3.85. The van der Waals surface area contributed by atoms with Crippen molar-refractivity contribution in [3.8, 4) is 5.75 Å². The lowest BCUT2D eigenvalue weighted by Crippen LogP contribution is -2.14. The first-order valence-electron chi connectivity index (χ1n) is 5.38. The molecular weight excluding hydrogens is 370 g/mol. The second kappa shape index (κ2) is 5.63. The van der Waals surface area contributed by atoms with Crippen LogP contribution in [0.2, 0.25) is 5.15 Å². The third-order valence-corrected chi connectivity index (χ3v) is 5.02. The van der Waals surface area contributed by atoms with E-state index in [9.17, 15) is 8.42 Å². The van der Waals surface area contributed by atoms with Gasteiger partial charge < -0.3 is 9.30 Å². The Labute approximate surface area is 129 Å². The maximum absolute atomic E-state index is 12.2. The van der Waals surface area contributed by atoms with E-state index in [1.54, 1.807) is 25.2 Å².